The first-order chi connectivity index (χ1) is 28.0. The smallest absolute Gasteiger partial charge is 0.249 e. The first-order valence-electron chi connectivity index (χ1n) is 25.2. The van der Waals surface area contributed by atoms with Crippen molar-refractivity contribution in [1.82, 2.24) is 5.32 Å². The number of aliphatic hydroxyl groups is 4. The fourth-order valence-electron chi connectivity index (χ4n) is 7.93. The van der Waals surface area contributed by atoms with E-state index in [1.807, 2.05) is 0 Å². The van der Waals surface area contributed by atoms with Gasteiger partial charge in [-0.3, -0.25) is 4.79 Å². The molecule has 5 N–H and O–H groups in total. The van der Waals surface area contributed by atoms with Gasteiger partial charge in [0.1, 0.15) is 12.2 Å². The highest BCUT2D eigenvalue weighted by Gasteiger charge is 2.28. The first-order valence-corrected chi connectivity index (χ1v) is 25.2. The predicted octanol–water partition coefficient (Wildman–Crippen LogP) is 13.9. The van der Waals surface area contributed by atoms with E-state index in [4.69, 9.17) is 0 Å². The van der Waals surface area contributed by atoms with E-state index >= 15 is 0 Å². The van der Waals surface area contributed by atoms with Gasteiger partial charge >= 0.3 is 0 Å². The SMILES string of the molecule is CCCCC/C=C\C=C/CCCCCCCC(O)C(=O)NC(CO)C(O)C(O)CCCCCCCCCCCCCCCCCCCCCCCCCCCCC. The van der Waals surface area contributed by atoms with E-state index in [9.17, 15) is 25.2 Å². The molecule has 0 rings (SSSR count). The average Bonchev–Trinajstić information content (AvgIpc) is 3.22. The van der Waals surface area contributed by atoms with Crippen molar-refractivity contribution in [2.24, 2.45) is 0 Å². The number of hydrogen-bond donors (Lipinski definition) is 5. The number of amides is 1. The van der Waals surface area contributed by atoms with Crippen LogP contribution in [0.25, 0.3) is 0 Å². The summed E-state index contributed by atoms with van der Waals surface area (Å²) < 4.78 is 0. The number of rotatable bonds is 46. The van der Waals surface area contributed by atoms with Gasteiger partial charge in [0.2, 0.25) is 5.91 Å². The molecule has 6 nitrogen and oxygen atoms in total. The van der Waals surface area contributed by atoms with Crippen LogP contribution in [0.1, 0.15) is 264 Å². The molecule has 0 spiro atoms. The number of hydrogen-bond acceptors (Lipinski definition) is 5. The third-order valence-electron chi connectivity index (χ3n) is 11.9. The van der Waals surface area contributed by atoms with E-state index in [2.05, 4.69) is 43.5 Å². The molecule has 57 heavy (non-hydrogen) atoms. The predicted molar refractivity (Wildman–Crippen MR) is 247 cm³/mol. The zero-order valence-corrected chi connectivity index (χ0v) is 38.1. The largest absolute Gasteiger partial charge is 0.394 e. The quantitative estimate of drug-likeness (QED) is 0.0311. The Morgan fingerprint density at radius 2 is 0.737 bits per heavy atom. The van der Waals surface area contributed by atoms with E-state index < -0.39 is 36.9 Å². The molecule has 6 heteroatoms. The normalized spacial score (nSPS) is 14.1. The van der Waals surface area contributed by atoms with Gasteiger partial charge in [-0.2, -0.15) is 0 Å². The van der Waals surface area contributed by atoms with Crippen molar-refractivity contribution in [2.45, 2.75) is 289 Å². The van der Waals surface area contributed by atoms with Crippen LogP contribution in [0.5, 0.6) is 0 Å². The van der Waals surface area contributed by atoms with E-state index in [0.717, 1.165) is 64.2 Å². The topological polar surface area (TPSA) is 110 Å². The van der Waals surface area contributed by atoms with Crippen molar-refractivity contribution in [1.29, 1.82) is 0 Å². The molecule has 0 fully saturated rings. The summed E-state index contributed by atoms with van der Waals surface area (Å²) in [4.78, 5) is 12.5. The van der Waals surface area contributed by atoms with Gasteiger partial charge in [0.15, 0.2) is 0 Å². The second-order valence-corrected chi connectivity index (χ2v) is 17.5. The van der Waals surface area contributed by atoms with Crippen LogP contribution in [0.3, 0.4) is 0 Å². The molecule has 0 aromatic rings. The van der Waals surface area contributed by atoms with Gasteiger partial charge in [-0.25, -0.2) is 0 Å². The Morgan fingerprint density at radius 3 is 1.11 bits per heavy atom. The van der Waals surface area contributed by atoms with Crippen LogP contribution in [-0.2, 0) is 4.79 Å². The molecule has 0 aliphatic rings. The second kappa shape index (κ2) is 45.9. The fraction of sp³-hybridized carbons (Fsp3) is 0.902. The van der Waals surface area contributed by atoms with Gasteiger partial charge in [-0.1, -0.05) is 250 Å². The van der Waals surface area contributed by atoms with Crippen LogP contribution < -0.4 is 5.32 Å². The summed E-state index contributed by atoms with van der Waals surface area (Å²) in [6.07, 6.45) is 53.7. The van der Waals surface area contributed by atoms with E-state index in [1.165, 1.54) is 173 Å². The van der Waals surface area contributed by atoms with Gasteiger partial charge in [0.05, 0.1) is 18.8 Å². The van der Waals surface area contributed by atoms with Crippen LogP contribution in [0.15, 0.2) is 24.3 Å². The minimum Gasteiger partial charge on any atom is -0.394 e. The lowest BCUT2D eigenvalue weighted by Gasteiger charge is -2.27. The molecule has 0 aromatic heterocycles. The van der Waals surface area contributed by atoms with Crippen LogP contribution in [0.2, 0.25) is 0 Å². The lowest BCUT2D eigenvalue weighted by molar-refractivity contribution is -0.132. The standard InChI is InChI=1S/C51H99NO5/c1-3-5-7-9-11-13-15-17-19-20-21-22-23-24-25-26-27-28-29-30-31-33-34-36-38-40-42-44-48(54)50(56)47(46-53)52-51(57)49(55)45-43-41-39-37-35-32-18-16-14-12-10-8-6-4-2/h12,14,16,18,47-50,53-56H,3-11,13,15,17,19-46H2,1-2H3,(H,52,57)/b14-12-,18-16-. The third kappa shape index (κ3) is 40.0. The summed E-state index contributed by atoms with van der Waals surface area (Å²) in [6.45, 7) is 4.03. The summed E-state index contributed by atoms with van der Waals surface area (Å²) in [5, 5.41) is 43.8. The molecule has 1 amide bonds. The van der Waals surface area contributed by atoms with Gasteiger partial charge in [0, 0.05) is 0 Å². The van der Waals surface area contributed by atoms with E-state index in [1.54, 1.807) is 0 Å². The van der Waals surface area contributed by atoms with Crippen LogP contribution in [-0.4, -0.2) is 57.3 Å². The maximum atomic E-state index is 12.5. The van der Waals surface area contributed by atoms with Crippen molar-refractivity contribution in [3.05, 3.63) is 24.3 Å². The summed E-state index contributed by atoms with van der Waals surface area (Å²) >= 11 is 0. The van der Waals surface area contributed by atoms with E-state index in [0.29, 0.717) is 12.8 Å². The minimum atomic E-state index is -1.26. The third-order valence-corrected chi connectivity index (χ3v) is 11.9. The highest BCUT2D eigenvalue weighted by molar-refractivity contribution is 5.80. The van der Waals surface area contributed by atoms with Crippen molar-refractivity contribution in [2.75, 3.05) is 6.61 Å². The molecule has 0 bridgehead atoms. The molecule has 4 atom stereocenters. The molecule has 0 aliphatic carbocycles. The van der Waals surface area contributed by atoms with Crippen molar-refractivity contribution in [3.8, 4) is 0 Å². The molecule has 0 aliphatic heterocycles. The molecule has 0 aromatic carbocycles. The lowest BCUT2D eigenvalue weighted by Crippen LogP contribution is -2.53. The molecule has 0 saturated heterocycles. The molecule has 0 heterocycles. The highest BCUT2D eigenvalue weighted by atomic mass is 16.3. The number of unbranched alkanes of at least 4 members (excludes halogenated alkanes) is 34. The Labute approximate surface area is 354 Å². The van der Waals surface area contributed by atoms with Gasteiger partial charge in [-0.15, -0.1) is 0 Å². The second-order valence-electron chi connectivity index (χ2n) is 17.5. The number of carbonyl (C=O) groups excluding carboxylic acids is 1. The summed E-state index contributed by atoms with van der Waals surface area (Å²) in [7, 11) is 0. The highest BCUT2D eigenvalue weighted by Crippen LogP contribution is 2.18. The molecule has 4 unspecified atom stereocenters. The monoisotopic (exact) mass is 806 g/mol. The summed E-state index contributed by atoms with van der Waals surface area (Å²) in [6, 6.07) is -0.990. The Hall–Kier alpha value is -1.21. The molecular weight excluding hydrogens is 707 g/mol. The Bertz CT molecular complexity index is 863. The Kier molecular flexibility index (Phi) is 44.9. The Balaban J connectivity index is 3.62. The Morgan fingerprint density at radius 1 is 0.439 bits per heavy atom. The first kappa shape index (κ1) is 55.8. The van der Waals surface area contributed by atoms with Gasteiger partial charge in [-0.05, 0) is 38.5 Å². The summed E-state index contributed by atoms with van der Waals surface area (Å²) in [5.74, 6) is -0.594. The summed E-state index contributed by atoms with van der Waals surface area (Å²) in [5.41, 5.74) is 0. The van der Waals surface area contributed by atoms with Crippen molar-refractivity contribution in [3.63, 3.8) is 0 Å². The van der Waals surface area contributed by atoms with Crippen molar-refractivity contribution >= 4 is 5.91 Å². The molecule has 338 valence electrons. The van der Waals surface area contributed by atoms with Gasteiger partial charge < -0.3 is 25.7 Å². The van der Waals surface area contributed by atoms with Crippen LogP contribution >= 0.6 is 0 Å². The number of nitrogens with one attached hydrogen (secondary N) is 1. The van der Waals surface area contributed by atoms with Crippen LogP contribution in [0, 0.1) is 0 Å². The molecular formula is C51H99NO5. The van der Waals surface area contributed by atoms with Gasteiger partial charge in [0.25, 0.3) is 0 Å². The van der Waals surface area contributed by atoms with Crippen LogP contribution in [0.4, 0.5) is 0 Å². The minimum absolute atomic E-state index is 0.352. The molecule has 0 radical (unpaired) electrons. The number of aliphatic hydroxyl groups excluding tert-OH is 4. The number of carbonyl (C=O) groups is 1. The lowest BCUT2D eigenvalue weighted by atomic mass is 9.99. The molecule has 0 saturated carbocycles. The van der Waals surface area contributed by atoms with Crippen molar-refractivity contribution < 1.29 is 25.2 Å². The van der Waals surface area contributed by atoms with E-state index in [-0.39, 0.29) is 0 Å². The zero-order chi connectivity index (χ0) is 41.7. The maximum Gasteiger partial charge on any atom is 0.249 e. The fourth-order valence-corrected chi connectivity index (χ4v) is 7.93. The average molecular weight is 806 g/mol. The number of allylic oxidation sites excluding steroid dienone is 4. The maximum absolute atomic E-state index is 12.5. The zero-order valence-electron chi connectivity index (χ0n) is 38.1.